The van der Waals surface area contributed by atoms with Crippen molar-refractivity contribution in [1.82, 2.24) is 0 Å². The Morgan fingerprint density at radius 3 is 1.91 bits per heavy atom. The van der Waals surface area contributed by atoms with Gasteiger partial charge in [-0.1, -0.05) is 71.0 Å². The minimum absolute atomic E-state index is 0.198. The van der Waals surface area contributed by atoms with E-state index in [2.05, 4.69) is 71.0 Å². The van der Waals surface area contributed by atoms with Crippen LogP contribution in [-0.2, 0) is 12.8 Å². The van der Waals surface area contributed by atoms with E-state index in [9.17, 15) is 5.11 Å². The summed E-state index contributed by atoms with van der Waals surface area (Å²) in [5.74, 6) is 0.968. The monoisotopic (exact) mass is 310 g/mol. The third-order valence-corrected chi connectivity index (χ3v) is 4.63. The van der Waals surface area contributed by atoms with Crippen LogP contribution < -0.4 is 0 Å². The van der Waals surface area contributed by atoms with Crippen LogP contribution in [0.2, 0.25) is 0 Å². The molecule has 0 amide bonds. The zero-order valence-corrected chi connectivity index (χ0v) is 15.2. The second-order valence-electron chi connectivity index (χ2n) is 6.89. The van der Waals surface area contributed by atoms with Gasteiger partial charge in [0.25, 0.3) is 0 Å². The Morgan fingerprint density at radius 2 is 1.43 bits per heavy atom. The fourth-order valence-corrected chi connectivity index (χ4v) is 3.56. The summed E-state index contributed by atoms with van der Waals surface area (Å²) < 4.78 is 0. The van der Waals surface area contributed by atoms with Gasteiger partial charge in [-0.25, -0.2) is 0 Å². The first-order chi connectivity index (χ1) is 11.0. The molecule has 0 spiro atoms. The third-order valence-electron chi connectivity index (χ3n) is 4.63. The van der Waals surface area contributed by atoms with Crippen LogP contribution in [0.25, 0.3) is 11.1 Å². The van der Waals surface area contributed by atoms with Gasteiger partial charge < -0.3 is 5.11 Å². The average Bonchev–Trinajstić information content (AvgIpc) is 2.54. The Morgan fingerprint density at radius 1 is 0.870 bits per heavy atom. The summed E-state index contributed by atoms with van der Waals surface area (Å²) in [5.41, 5.74) is 8.25. The summed E-state index contributed by atoms with van der Waals surface area (Å²) in [7, 11) is 0. The molecule has 0 saturated carbocycles. The van der Waals surface area contributed by atoms with Crippen LogP contribution in [0, 0.1) is 0 Å². The lowest BCUT2D eigenvalue weighted by Gasteiger charge is -2.25. The van der Waals surface area contributed by atoms with Crippen LogP contribution >= 0.6 is 0 Å². The van der Waals surface area contributed by atoms with E-state index >= 15 is 0 Å². The lowest BCUT2D eigenvalue weighted by molar-refractivity contribution is 0.299. The topological polar surface area (TPSA) is 20.2 Å². The Labute approximate surface area is 141 Å². The molecule has 2 rings (SSSR count). The number of benzene rings is 2. The molecule has 0 aliphatic heterocycles. The summed E-state index contributed by atoms with van der Waals surface area (Å²) in [6.45, 7) is 11.5. The van der Waals surface area contributed by atoms with Crippen LogP contribution in [0.15, 0.2) is 36.4 Å². The van der Waals surface area contributed by atoms with Crippen molar-refractivity contribution in [3.8, 4) is 11.1 Å². The predicted octanol–water partition coefficient (Wildman–Crippen LogP) is 5.70. The molecule has 0 aromatic heterocycles. The van der Waals surface area contributed by atoms with E-state index in [0.29, 0.717) is 11.8 Å². The zero-order valence-electron chi connectivity index (χ0n) is 15.2. The lowest BCUT2D eigenvalue weighted by atomic mass is 9.80. The summed E-state index contributed by atoms with van der Waals surface area (Å²) in [4.78, 5) is 0. The molecular formula is C22H30O. The van der Waals surface area contributed by atoms with Crippen molar-refractivity contribution in [2.45, 2.75) is 59.3 Å². The molecule has 2 aromatic rings. The Balaban J connectivity index is 2.87. The highest BCUT2D eigenvalue weighted by molar-refractivity contribution is 5.75. The molecule has 0 atom stereocenters. The SMILES string of the molecule is CCc1c(C(C)C)cc(C(C)C)c(CCO)c1-c1ccccc1. The van der Waals surface area contributed by atoms with Gasteiger partial charge in [-0.15, -0.1) is 0 Å². The molecule has 0 aliphatic carbocycles. The number of hydrogen-bond acceptors (Lipinski definition) is 1. The normalized spacial score (nSPS) is 11.5. The van der Waals surface area contributed by atoms with Gasteiger partial charge in [-0.2, -0.15) is 0 Å². The van der Waals surface area contributed by atoms with Crippen molar-refractivity contribution in [3.05, 3.63) is 58.7 Å². The van der Waals surface area contributed by atoms with Crippen LogP contribution in [0.4, 0.5) is 0 Å². The maximum Gasteiger partial charge on any atom is 0.0471 e. The van der Waals surface area contributed by atoms with Crippen molar-refractivity contribution >= 4 is 0 Å². The fraction of sp³-hybridized carbons (Fsp3) is 0.455. The van der Waals surface area contributed by atoms with E-state index in [1.165, 1.54) is 33.4 Å². The molecule has 124 valence electrons. The molecular weight excluding hydrogens is 280 g/mol. The first-order valence-corrected chi connectivity index (χ1v) is 8.86. The largest absolute Gasteiger partial charge is 0.396 e. The number of hydrogen-bond donors (Lipinski definition) is 1. The van der Waals surface area contributed by atoms with Gasteiger partial charge in [0.2, 0.25) is 0 Å². The van der Waals surface area contributed by atoms with E-state index in [4.69, 9.17) is 0 Å². The first kappa shape index (κ1) is 17.7. The Bertz CT molecular complexity index is 639. The molecule has 0 unspecified atom stereocenters. The quantitative estimate of drug-likeness (QED) is 0.726. The van der Waals surface area contributed by atoms with Crippen molar-refractivity contribution in [3.63, 3.8) is 0 Å². The summed E-state index contributed by atoms with van der Waals surface area (Å²) in [6, 6.07) is 13.1. The number of rotatable bonds is 6. The highest BCUT2D eigenvalue weighted by Gasteiger charge is 2.20. The maximum absolute atomic E-state index is 9.64. The van der Waals surface area contributed by atoms with E-state index in [1.807, 2.05) is 0 Å². The fourth-order valence-electron chi connectivity index (χ4n) is 3.56. The van der Waals surface area contributed by atoms with Gasteiger partial charge in [0, 0.05) is 6.61 Å². The van der Waals surface area contributed by atoms with Gasteiger partial charge in [-0.3, -0.25) is 0 Å². The highest BCUT2D eigenvalue weighted by atomic mass is 16.2. The van der Waals surface area contributed by atoms with Gasteiger partial charge >= 0.3 is 0 Å². The minimum Gasteiger partial charge on any atom is -0.396 e. The highest BCUT2D eigenvalue weighted by Crippen LogP contribution is 2.38. The lowest BCUT2D eigenvalue weighted by Crippen LogP contribution is -2.09. The molecule has 1 N–H and O–H groups in total. The average molecular weight is 310 g/mol. The first-order valence-electron chi connectivity index (χ1n) is 8.86. The predicted molar refractivity (Wildman–Crippen MR) is 100 cm³/mol. The van der Waals surface area contributed by atoms with Gasteiger partial charge in [0.15, 0.2) is 0 Å². The molecule has 0 bridgehead atoms. The van der Waals surface area contributed by atoms with Gasteiger partial charge in [-0.05, 0) is 58.1 Å². The van der Waals surface area contributed by atoms with E-state index in [1.54, 1.807) is 0 Å². The minimum atomic E-state index is 0.198. The zero-order chi connectivity index (χ0) is 17.0. The summed E-state index contributed by atoms with van der Waals surface area (Å²) >= 11 is 0. The van der Waals surface area contributed by atoms with Crippen LogP contribution in [0.3, 0.4) is 0 Å². The van der Waals surface area contributed by atoms with Crippen molar-refractivity contribution in [2.75, 3.05) is 6.61 Å². The number of aliphatic hydroxyl groups excluding tert-OH is 1. The van der Waals surface area contributed by atoms with Gasteiger partial charge in [0.05, 0.1) is 0 Å². The van der Waals surface area contributed by atoms with Crippen molar-refractivity contribution in [1.29, 1.82) is 0 Å². The molecule has 0 saturated heterocycles. The molecule has 0 fully saturated rings. The van der Waals surface area contributed by atoms with Crippen molar-refractivity contribution in [2.24, 2.45) is 0 Å². The second-order valence-corrected chi connectivity index (χ2v) is 6.89. The Kier molecular flexibility index (Phi) is 6.01. The summed E-state index contributed by atoms with van der Waals surface area (Å²) in [6.07, 6.45) is 1.75. The molecule has 23 heavy (non-hydrogen) atoms. The third kappa shape index (κ3) is 3.67. The summed E-state index contributed by atoms with van der Waals surface area (Å²) in [5, 5.41) is 9.64. The van der Waals surface area contributed by atoms with Crippen LogP contribution in [0.1, 0.15) is 68.7 Å². The molecule has 0 radical (unpaired) electrons. The smallest absolute Gasteiger partial charge is 0.0471 e. The van der Waals surface area contributed by atoms with E-state index < -0.39 is 0 Å². The second kappa shape index (κ2) is 7.79. The molecule has 0 aliphatic rings. The molecule has 2 aromatic carbocycles. The maximum atomic E-state index is 9.64. The molecule has 0 heterocycles. The van der Waals surface area contributed by atoms with Crippen LogP contribution in [-0.4, -0.2) is 11.7 Å². The van der Waals surface area contributed by atoms with E-state index in [-0.39, 0.29) is 6.61 Å². The van der Waals surface area contributed by atoms with Crippen molar-refractivity contribution < 1.29 is 5.11 Å². The van der Waals surface area contributed by atoms with Gasteiger partial charge in [0.1, 0.15) is 0 Å². The Hall–Kier alpha value is -1.60. The standard InChI is InChI=1S/C22H30O/c1-6-18-20(15(2)3)14-21(16(4)5)19(12-13-23)22(18)17-10-8-7-9-11-17/h7-11,14-16,23H,6,12-13H2,1-5H3. The van der Waals surface area contributed by atoms with Crippen LogP contribution in [0.5, 0.6) is 0 Å². The van der Waals surface area contributed by atoms with E-state index in [0.717, 1.165) is 12.8 Å². The number of aliphatic hydroxyl groups is 1. The molecule has 1 nitrogen and oxygen atoms in total. The molecule has 1 heteroatoms.